The van der Waals surface area contributed by atoms with Gasteiger partial charge in [0, 0.05) is 18.9 Å². The first-order valence-electron chi connectivity index (χ1n) is 7.28. The minimum absolute atomic E-state index is 0.236. The lowest BCUT2D eigenvalue weighted by atomic mass is 10.2. The fourth-order valence-electron chi connectivity index (χ4n) is 2.17. The van der Waals surface area contributed by atoms with E-state index < -0.39 is 6.10 Å². The van der Waals surface area contributed by atoms with Gasteiger partial charge in [0.1, 0.15) is 17.6 Å². The number of hydrogen-bond acceptors (Lipinski definition) is 5. The van der Waals surface area contributed by atoms with E-state index in [2.05, 4.69) is 10.4 Å². The highest BCUT2D eigenvalue weighted by Crippen LogP contribution is 2.16. The Morgan fingerprint density at radius 3 is 3.00 bits per heavy atom. The van der Waals surface area contributed by atoms with E-state index in [1.54, 1.807) is 35.1 Å². The number of rotatable bonds is 7. The average molecular weight is 315 g/mol. The molecule has 0 aliphatic carbocycles. The van der Waals surface area contributed by atoms with Crippen molar-refractivity contribution in [2.75, 3.05) is 6.54 Å². The fourth-order valence-corrected chi connectivity index (χ4v) is 2.17. The van der Waals surface area contributed by atoms with E-state index in [0.717, 1.165) is 0 Å². The van der Waals surface area contributed by atoms with Crippen LogP contribution < -0.4 is 5.32 Å². The van der Waals surface area contributed by atoms with Gasteiger partial charge in [-0.25, -0.2) is 0 Å². The Hall–Kier alpha value is -2.80. The molecule has 1 atom stereocenters. The Morgan fingerprint density at radius 1 is 1.35 bits per heavy atom. The van der Waals surface area contributed by atoms with E-state index in [4.69, 9.17) is 8.83 Å². The van der Waals surface area contributed by atoms with Gasteiger partial charge in [-0.3, -0.25) is 9.48 Å². The molecular weight excluding hydrogens is 298 g/mol. The minimum Gasteiger partial charge on any atom is -0.467 e. The molecule has 0 saturated carbocycles. The quantitative estimate of drug-likeness (QED) is 0.695. The molecule has 0 spiro atoms. The normalized spacial score (nSPS) is 12.2. The van der Waals surface area contributed by atoms with Gasteiger partial charge in [-0.1, -0.05) is 0 Å². The second kappa shape index (κ2) is 6.97. The molecule has 3 rings (SSSR count). The molecule has 7 heteroatoms. The van der Waals surface area contributed by atoms with Crippen molar-refractivity contribution in [3.05, 3.63) is 66.3 Å². The van der Waals surface area contributed by atoms with Gasteiger partial charge in [0.15, 0.2) is 5.76 Å². The van der Waals surface area contributed by atoms with Crippen molar-refractivity contribution in [2.45, 2.75) is 19.1 Å². The van der Waals surface area contributed by atoms with Crippen molar-refractivity contribution in [1.29, 1.82) is 0 Å². The summed E-state index contributed by atoms with van der Waals surface area (Å²) in [7, 11) is 0. The lowest BCUT2D eigenvalue weighted by molar-refractivity contribution is 0.0907. The summed E-state index contributed by atoms with van der Waals surface area (Å²) >= 11 is 0. The molecule has 0 aliphatic heterocycles. The van der Waals surface area contributed by atoms with Crippen LogP contribution in [-0.2, 0) is 6.54 Å². The van der Waals surface area contributed by atoms with Gasteiger partial charge in [-0.15, -0.1) is 0 Å². The number of aromatic nitrogens is 2. The van der Waals surface area contributed by atoms with E-state index in [-0.39, 0.29) is 11.7 Å². The maximum atomic E-state index is 12.0. The summed E-state index contributed by atoms with van der Waals surface area (Å²) in [6, 6.07) is 8.59. The zero-order chi connectivity index (χ0) is 16.1. The summed E-state index contributed by atoms with van der Waals surface area (Å²) < 4.78 is 12.3. The van der Waals surface area contributed by atoms with Crippen molar-refractivity contribution < 1.29 is 18.7 Å². The molecule has 120 valence electrons. The molecular formula is C16H17N3O4. The van der Waals surface area contributed by atoms with E-state index in [9.17, 15) is 9.90 Å². The SMILES string of the molecule is O=C(NCCC(O)c1ccco1)c1ccc(Cn2cccn2)o1. The summed E-state index contributed by atoms with van der Waals surface area (Å²) in [5.41, 5.74) is 0. The molecule has 1 unspecified atom stereocenters. The number of hydrogen-bond donors (Lipinski definition) is 2. The standard InChI is InChI=1S/C16H17N3O4/c20-13(14-3-1-10-22-14)6-8-17-16(21)15-5-4-12(23-15)11-19-9-2-7-18-19/h1-5,7,9-10,13,20H,6,8,11H2,(H,17,21). The highest BCUT2D eigenvalue weighted by atomic mass is 16.4. The number of furan rings is 2. The van der Waals surface area contributed by atoms with E-state index in [1.165, 1.54) is 6.26 Å². The van der Waals surface area contributed by atoms with E-state index >= 15 is 0 Å². The third-order valence-electron chi connectivity index (χ3n) is 3.34. The van der Waals surface area contributed by atoms with E-state index in [0.29, 0.717) is 31.0 Å². The van der Waals surface area contributed by atoms with Gasteiger partial charge in [-0.2, -0.15) is 5.10 Å². The largest absolute Gasteiger partial charge is 0.467 e. The topological polar surface area (TPSA) is 93.4 Å². The Bertz CT molecular complexity index is 731. The van der Waals surface area contributed by atoms with Gasteiger partial charge in [-0.05, 0) is 36.8 Å². The summed E-state index contributed by atoms with van der Waals surface area (Å²) in [6.45, 7) is 0.785. The van der Waals surface area contributed by atoms with Gasteiger partial charge >= 0.3 is 0 Å². The van der Waals surface area contributed by atoms with Crippen molar-refractivity contribution in [3.8, 4) is 0 Å². The van der Waals surface area contributed by atoms with Gasteiger partial charge in [0.25, 0.3) is 5.91 Å². The molecule has 3 aromatic rings. The predicted octanol–water partition coefficient (Wildman–Crippen LogP) is 1.97. The lowest BCUT2D eigenvalue weighted by Gasteiger charge is -2.08. The van der Waals surface area contributed by atoms with Crippen LogP contribution in [0.1, 0.15) is 34.6 Å². The smallest absolute Gasteiger partial charge is 0.286 e. The summed E-state index contributed by atoms with van der Waals surface area (Å²) in [6.07, 6.45) is 4.62. The lowest BCUT2D eigenvalue weighted by Crippen LogP contribution is -2.25. The number of amides is 1. The molecule has 0 radical (unpaired) electrons. The fraction of sp³-hybridized carbons (Fsp3) is 0.250. The molecule has 0 bridgehead atoms. The minimum atomic E-state index is -0.739. The molecule has 2 N–H and O–H groups in total. The Kier molecular flexibility index (Phi) is 4.58. The van der Waals surface area contributed by atoms with Crippen LogP contribution in [0.25, 0.3) is 0 Å². The predicted molar refractivity (Wildman–Crippen MR) is 80.7 cm³/mol. The van der Waals surface area contributed by atoms with Crippen LogP contribution in [0, 0.1) is 0 Å². The van der Waals surface area contributed by atoms with Gasteiger partial charge in [0.2, 0.25) is 0 Å². The number of aliphatic hydroxyl groups excluding tert-OH is 1. The van der Waals surface area contributed by atoms with Crippen molar-refractivity contribution in [2.24, 2.45) is 0 Å². The highest BCUT2D eigenvalue weighted by Gasteiger charge is 2.14. The van der Waals surface area contributed by atoms with Crippen LogP contribution in [0.5, 0.6) is 0 Å². The average Bonchev–Trinajstić information content (AvgIpc) is 3.30. The Morgan fingerprint density at radius 2 is 2.26 bits per heavy atom. The van der Waals surface area contributed by atoms with E-state index in [1.807, 2.05) is 12.3 Å². The van der Waals surface area contributed by atoms with Crippen LogP contribution in [0.4, 0.5) is 0 Å². The number of nitrogens with zero attached hydrogens (tertiary/aromatic N) is 2. The third kappa shape index (κ3) is 3.89. The molecule has 0 aliphatic rings. The summed E-state index contributed by atoms with van der Waals surface area (Å²) in [4.78, 5) is 12.0. The van der Waals surface area contributed by atoms with Crippen LogP contribution in [0.3, 0.4) is 0 Å². The first kappa shape index (κ1) is 15.1. The molecule has 23 heavy (non-hydrogen) atoms. The van der Waals surface area contributed by atoms with Crippen LogP contribution in [0.15, 0.2) is 57.8 Å². The maximum absolute atomic E-state index is 12.0. The van der Waals surface area contributed by atoms with Gasteiger partial charge in [0.05, 0.1) is 12.8 Å². The van der Waals surface area contributed by atoms with Crippen molar-refractivity contribution in [3.63, 3.8) is 0 Å². The highest BCUT2D eigenvalue weighted by molar-refractivity contribution is 5.91. The molecule has 0 fully saturated rings. The summed E-state index contributed by atoms with van der Waals surface area (Å²) in [5, 5.41) is 16.6. The van der Waals surface area contributed by atoms with Crippen LogP contribution in [-0.4, -0.2) is 27.3 Å². The second-order valence-electron chi connectivity index (χ2n) is 5.05. The van der Waals surface area contributed by atoms with Gasteiger partial charge < -0.3 is 19.3 Å². The summed E-state index contributed by atoms with van der Waals surface area (Å²) in [5.74, 6) is 1.05. The molecule has 0 aromatic carbocycles. The van der Waals surface area contributed by atoms with Crippen molar-refractivity contribution >= 4 is 5.91 Å². The number of nitrogens with one attached hydrogen (secondary N) is 1. The number of aliphatic hydroxyl groups is 1. The zero-order valence-electron chi connectivity index (χ0n) is 12.4. The molecule has 3 heterocycles. The Labute approximate surface area is 132 Å². The second-order valence-corrected chi connectivity index (χ2v) is 5.05. The first-order valence-corrected chi connectivity index (χ1v) is 7.28. The first-order chi connectivity index (χ1) is 11.2. The van der Waals surface area contributed by atoms with Crippen LogP contribution in [0.2, 0.25) is 0 Å². The molecule has 7 nitrogen and oxygen atoms in total. The monoisotopic (exact) mass is 315 g/mol. The Balaban J connectivity index is 1.48. The third-order valence-corrected chi connectivity index (χ3v) is 3.34. The van der Waals surface area contributed by atoms with Crippen LogP contribution >= 0.6 is 0 Å². The zero-order valence-corrected chi connectivity index (χ0v) is 12.4. The number of carbonyl (C=O) groups is 1. The number of carbonyl (C=O) groups excluding carboxylic acids is 1. The molecule has 1 amide bonds. The molecule has 0 saturated heterocycles. The van der Waals surface area contributed by atoms with Crippen molar-refractivity contribution in [1.82, 2.24) is 15.1 Å². The maximum Gasteiger partial charge on any atom is 0.286 e. The molecule has 3 aromatic heterocycles.